The van der Waals surface area contributed by atoms with Gasteiger partial charge in [0.2, 0.25) is 11.8 Å². The number of amides is 4. The number of thioether (sulfide) groups is 1. The fraction of sp³-hybridized carbons (Fsp3) is 0.750. The predicted molar refractivity (Wildman–Crippen MR) is 67.0 cm³/mol. The van der Waals surface area contributed by atoms with E-state index in [9.17, 15) is 14.4 Å². The summed E-state index contributed by atoms with van der Waals surface area (Å²) in [5.41, 5.74) is -0.918. The van der Waals surface area contributed by atoms with E-state index in [4.69, 9.17) is 0 Å². The van der Waals surface area contributed by atoms with Crippen LogP contribution < -0.4 is 5.32 Å². The molecule has 0 aromatic heterocycles. The molecule has 2 saturated heterocycles. The average molecular weight is 268 g/mol. The highest BCUT2D eigenvalue weighted by Crippen LogP contribution is 2.45. The van der Waals surface area contributed by atoms with Crippen LogP contribution in [0.15, 0.2) is 0 Å². The van der Waals surface area contributed by atoms with Gasteiger partial charge < -0.3 is 0 Å². The van der Waals surface area contributed by atoms with E-state index in [1.54, 1.807) is 0 Å². The van der Waals surface area contributed by atoms with Crippen molar-refractivity contribution in [2.24, 2.45) is 5.41 Å². The summed E-state index contributed by atoms with van der Waals surface area (Å²) in [5, 5.41) is 2.37. The minimum absolute atomic E-state index is 0.0238. The van der Waals surface area contributed by atoms with E-state index in [-0.39, 0.29) is 17.9 Å². The summed E-state index contributed by atoms with van der Waals surface area (Å²) in [6.45, 7) is 0. The monoisotopic (exact) mass is 268 g/mol. The molecule has 0 radical (unpaired) electrons. The van der Waals surface area contributed by atoms with Crippen molar-refractivity contribution < 1.29 is 14.4 Å². The molecular weight excluding hydrogens is 252 g/mol. The zero-order valence-electron chi connectivity index (χ0n) is 10.1. The Morgan fingerprint density at radius 1 is 1.17 bits per heavy atom. The van der Waals surface area contributed by atoms with Gasteiger partial charge in [-0.3, -0.25) is 19.8 Å². The lowest BCUT2D eigenvalue weighted by Gasteiger charge is -2.47. The normalized spacial score (nSPS) is 28.2. The van der Waals surface area contributed by atoms with Gasteiger partial charge in [0, 0.05) is 6.04 Å². The van der Waals surface area contributed by atoms with E-state index in [1.165, 1.54) is 4.90 Å². The molecule has 3 rings (SSSR count). The Bertz CT molecular complexity index is 414. The molecule has 0 bridgehead atoms. The molecule has 2 heterocycles. The van der Waals surface area contributed by atoms with Crippen molar-refractivity contribution in [2.45, 2.75) is 38.1 Å². The maximum Gasteiger partial charge on any atom is 0.331 e. The molecule has 4 amide bonds. The van der Waals surface area contributed by atoms with Crippen LogP contribution in [-0.2, 0) is 9.59 Å². The van der Waals surface area contributed by atoms with Gasteiger partial charge in [-0.15, -0.1) is 0 Å². The average Bonchev–Trinajstić information content (AvgIpc) is 2.28. The SMILES string of the molecule is O=C1NC(=O)C2(CCC2)C(=O)N1C1CCSCC1. The third-order valence-corrected chi connectivity index (χ3v) is 5.31. The Balaban J connectivity index is 1.86. The summed E-state index contributed by atoms with van der Waals surface area (Å²) < 4.78 is 0. The van der Waals surface area contributed by atoms with Crippen molar-refractivity contribution in [3.8, 4) is 0 Å². The standard InChI is InChI=1S/C12H16N2O3S/c15-9-12(4-1-5-12)10(16)14(11(17)13-9)8-2-6-18-7-3-8/h8H,1-7H2,(H,13,15,17). The molecule has 0 aromatic carbocycles. The highest BCUT2D eigenvalue weighted by atomic mass is 32.2. The fourth-order valence-corrected chi connectivity index (χ4v) is 4.02. The molecule has 1 N–H and O–H groups in total. The molecule has 2 aliphatic heterocycles. The van der Waals surface area contributed by atoms with Crippen LogP contribution in [0.3, 0.4) is 0 Å². The van der Waals surface area contributed by atoms with Gasteiger partial charge in [-0.2, -0.15) is 11.8 Å². The minimum Gasteiger partial charge on any atom is -0.277 e. The molecule has 0 atom stereocenters. The molecule has 1 spiro atoms. The molecule has 6 heteroatoms. The van der Waals surface area contributed by atoms with E-state index in [0.29, 0.717) is 12.8 Å². The van der Waals surface area contributed by atoms with Crippen molar-refractivity contribution in [3.63, 3.8) is 0 Å². The molecule has 5 nitrogen and oxygen atoms in total. The predicted octanol–water partition coefficient (Wildman–Crippen LogP) is 1.13. The molecule has 1 aliphatic carbocycles. The van der Waals surface area contributed by atoms with E-state index in [1.807, 2.05) is 11.8 Å². The van der Waals surface area contributed by atoms with Crippen molar-refractivity contribution >= 4 is 29.6 Å². The Hall–Kier alpha value is -1.04. The number of imide groups is 2. The third-order valence-electron chi connectivity index (χ3n) is 4.27. The lowest BCUT2D eigenvalue weighted by molar-refractivity contribution is -0.159. The summed E-state index contributed by atoms with van der Waals surface area (Å²) in [6.07, 6.45) is 3.75. The second kappa shape index (κ2) is 4.26. The first-order valence-corrected chi connectivity index (χ1v) is 7.57. The van der Waals surface area contributed by atoms with Crippen LogP contribution in [0.25, 0.3) is 0 Å². The smallest absolute Gasteiger partial charge is 0.277 e. The van der Waals surface area contributed by atoms with Gasteiger partial charge in [0.15, 0.2) is 0 Å². The first-order valence-electron chi connectivity index (χ1n) is 6.42. The maximum atomic E-state index is 12.5. The fourth-order valence-electron chi connectivity index (χ4n) is 2.94. The highest BCUT2D eigenvalue weighted by molar-refractivity contribution is 7.99. The van der Waals surface area contributed by atoms with Crippen molar-refractivity contribution in [1.29, 1.82) is 0 Å². The summed E-state index contributed by atoms with van der Waals surface area (Å²) >= 11 is 1.85. The molecule has 3 aliphatic rings. The minimum atomic E-state index is -0.918. The van der Waals surface area contributed by atoms with Gasteiger partial charge in [-0.05, 0) is 37.2 Å². The van der Waals surface area contributed by atoms with E-state index in [0.717, 1.165) is 30.8 Å². The number of carbonyl (C=O) groups is 3. The molecule has 98 valence electrons. The third kappa shape index (κ3) is 1.58. The van der Waals surface area contributed by atoms with E-state index < -0.39 is 11.4 Å². The van der Waals surface area contributed by atoms with Crippen LogP contribution in [0.2, 0.25) is 0 Å². The van der Waals surface area contributed by atoms with Gasteiger partial charge in [0.25, 0.3) is 0 Å². The number of hydrogen-bond acceptors (Lipinski definition) is 4. The summed E-state index contributed by atoms with van der Waals surface area (Å²) in [4.78, 5) is 37.6. The number of rotatable bonds is 1. The van der Waals surface area contributed by atoms with Crippen molar-refractivity contribution in [1.82, 2.24) is 10.2 Å². The van der Waals surface area contributed by atoms with Crippen LogP contribution in [0.1, 0.15) is 32.1 Å². The Morgan fingerprint density at radius 3 is 2.39 bits per heavy atom. The second-order valence-corrected chi connectivity index (χ2v) is 6.44. The van der Waals surface area contributed by atoms with E-state index >= 15 is 0 Å². The molecule has 0 aromatic rings. The van der Waals surface area contributed by atoms with Crippen LogP contribution in [0, 0.1) is 5.41 Å². The van der Waals surface area contributed by atoms with Gasteiger partial charge in [-0.1, -0.05) is 6.42 Å². The quantitative estimate of drug-likeness (QED) is 0.724. The molecule has 3 fully saturated rings. The first-order chi connectivity index (χ1) is 8.65. The zero-order chi connectivity index (χ0) is 12.8. The van der Waals surface area contributed by atoms with Gasteiger partial charge in [0.05, 0.1) is 0 Å². The Labute approximate surface area is 110 Å². The number of nitrogens with one attached hydrogen (secondary N) is 1. The number of hydrogen-bond donors (Lipinski definition) is 1. The first kappa shape index (κ1) is 12.0. The molecule has 0 unspecified atom stereocenters. The second-order valence-electron chi connectivity index (χ2n) is 5.21. The van der Waals surface area contributed by atoms with Crippen LogP contribution in [-0.4, -0.2) is 40.3 Å². The molecule has 18 heavy (non-hydrogen) atoms. The summed E-state index contributed by atoms with van der Waals surface area (Å²) in [6, 6.07) is -0.538. The summed E-state index contributed by atoms with van der Waals surface area (Å²) in [7, 11) is 0. The van der Waals surface area contributed by atoms with Crippen LogP contribution >= 0.6 is 11.8 Å². The Morgan fingerprint density at radius 2 is 1.83 bits per heavy atom. The maximum absolute atomic E-state index is 12.5. The van der Waals surface area contributed by atoms with E-state index in [2.05, 4.69) is 5.32 Å². The number of urea groups is 1. The van der Waals surface area contributed by atoms with Gasteiger partial charge >= 0.3 is 6.03 Å². The zero-order valence-corrected chi connectivity index (χ0v) is 10.9. The van der Waals surface area contributed by atoms with Gasteiger partial charge in [0.1, 0.15) is 5.41 Å². The molecular formula is C12H16N2O3S. The number of carbonyl (C=O) groups excluding carboxylic acids is 3. The van der Waals surface area contributed by atoms with Crippen LogP contribution in [0.4, 0.5) is 4.79 Å². The molecule has 1 saturated carbocycles. The van der Waals surface area contributed by atoms with Crippen LogP contribution in [0.5, 0.6) is 0 Å². The Kier molecular flexibility index (Phi) is 2.84. The topological polar surface area (TPSA) is 66.5 Å². The summed E-state index contributed by atoms with van der Waals surface area (Å²) in [5.74, 6) is 1.32. The number of nitrogens with zero attached hydrogens (tertiary/aromatic N) is 1. The van der Waals surface area contributed by atoms with Crippen molar-refractivity contribution in [3.05, 3.63) is 0 Å². The lowest BCUT2D eigenvalue weighted by Crippen LogP contribution is -2.68. The van der Waals surface area contributed by atoms with Gasteiger partial charge in [-0.25, -0.2) is 4.79 Å². The van der Waals surface area contributed by atoms with Crippen molar-refractivity contribution in [2.75, 3.05) is 11.5 Å². The lowest BCUT2D eigenvalue weighted by atomic mass is 9.66. The number of barbiturate groups is 1. The highest BCUT2D eigenvalue weighted by Gasteiger charge is 2.58. The largest absolute Gasteiger partial charge is 0.331 e.